The fourth-order valence-electron chi connectivity index (χ4n) is 9.67. The van der Waals surface area contributed by atoms with E-state index in [1.165, 1.54) is 12.3 Å². The number of aliphatic hydroxyl groups is 1. The highest BCUT2D eigenvalue weighted by molar-refractivity contribution is 6.20. The number of nitrogens with zero attached hydrogens (tertiary/aromatic N) is 3. The van der Waals surface area contributed by atoms with Gasteiger partial charge in [0.25, 0.3) is 11.7 Å². The van der Waals surface area contributed by atoms with Crippen molar-refractivity contribution in [3.05, 3.63) is 70.6 Å². The zero-order valence-electron chi connectivity index (χ0n) is 36.7. The molecule has 0 saturated carbocycles. The van der Waals surface area contributed by atoms with E-state index in [1.807, 2.05) is 39.8 Å². The van der Waals surface area contributed by atoms with Crippen LogP contribution in [0.3, 0.4) is 0 Å². The number of likely N-dealkylation sites (tertiary alicyclic amines) is 1. The van der Waals surface area contributed by atoms with Gasteiger partial charge in [0.05, 0.1) is 40.9 Å². The number of benzene rings is 2. The van der Waals surface area contributed by atoms with Crippen molar-refractivity contribution < 1.29 is 43.9 Å². The number of nitrogens with one attached hydrogen (secondary N) is 1. The predicted octanol–water partition coefficient (Wildman–Crippen LogP) is 6.52. The minimum atomic E-state index is -2.02. The van der Waals surface area contributed by atoms with Gasteiger partial charge in [0.2, 0.25) is 0 Å². The molecule has 0 aliphatic carbocycles. The van der Waals surface area contributed by atoms with Crippen LogP contribution >= 0.6 is 0 Å². The standard InChI is InChI=1S/C47H62N4O9/c1-12-47-43(55)33-31-32(38(53)29(8)42(33)60-47)39(54)36(35-34(31)49-46(50-35)18-20-51(21-19-46)23-24(2)3)48-44(56)27(6)16-13-15-26(5)40-30(9)41(59-45(10,11)58-40)28(7)37(52)25(4)17-14-22-57-47/h12-16,22,24-26,28,30,37,40-41,52-54H,1,17-21,23H2,2-11H3,(H,48,56)/b15-13+,22-14+,27-16-/t25-,26+,28+,30-,37-,40+,41+,47+/m1/s1. The zero-order chi connectivity index (χ0) is 43.6. The molecule has 2 saturated heterocycles. The monoisotopic (exact) mass is 826 g/mol. The molecule has 2 aromatic rings. The second-order valence-electron chi connectivity index (χ2n) is 18.6. The molecule has 8 atom stereocenters. The first-order valence-corrected chi connectivity index (χ1v) is 21.4. The Labute approximate surface area is 352 Å². The van der Waals surface area contributed by atoms with Gasteiger partial charge in [0.15, 0.2) is 17.2 Å². The van der Waals surface area contributed by atoms with Crippen molar-refractivity contribution in [3.8, 4) is 17.2 Å². The molecule has 7 bridgehead atoms. The molecular weight excluding hydrogens is 765 g/mol. The van der Waals surface area contributed by atoms with Gasteiger partial charge in [0, 0.05) is 72.8 Å². The van der Waals surface area contributed by atoms with Crippen LogP contribution in [0.5, 0.6) is 17.2 Å². The predicted molar refractivity (Wildman–Crippen MR) is 228 cm³/mol. The van der Waals surface area contributed by atoms with Crippen LogP contribution in [-0.2, 0) is 19.0 Å². The van der Waals surface area contributed by atoms with Crippen molar-refractivity contribution in [1.82, 2.24) is 4.90 Å². The smallest absolute Gasteiger partial charge is 0.336 e. The lowest BCUT2D eigenvalue weighted by atomic mass is 9.78. The van der Waals surface area contributed by atoms with Crippen LogP contribution < -0.4 is 20.8 Å². The van der Waals surface area contributed by atoms with Gasteiger partial charge in [-0.3, -0.25) is 19.6 Å². The Morgan fingerprint density at radius 3 is 2.32 bits per heavy atom. The summed E-state index contributed by atoms with van der Waals surface area (Å²) >= 11 is 0. The number of hydrogen-bond donors (Lipinski definition) is 4. The van der Waals surface area contributed by atoms with Crippen LogP contribution in [-0.4, -0.2) is 87.1 Å². The quantitative estimate of drug-likeness (QED) is 0.197. The number of rotatable bonds is 3. The first-order chi connectivity index (χ1) is 28.2. The van der Waals surface area contributed by atoms with Crippen LogP contribution in [0.25, 0.3) is 10.8 Å². The number of phenols is 2. The molecule has 4 N–H and O–H groups in total. The molecule has 2 fully saturated rings. The maximum atomic E-state index is 14.8. The number of carbonyl (C=O) groups is 2. The number of carbonyl (C=O) groups excluding carboxylic acids is 2. The summed E-state index contributed by atoms with van der Waals surface area (Å²) in [4.78, 5) is 41.5. The number of anilines is 1. The van der Waals surface area contributed by atoms with Gasteiger partial charge in [-0.05, 0) is 52.0 Å². The van der Waals surface area contributed by atoms with Crippen LogP contribution in [0.4, 0.5) is 5.69 Å². The highest BCUT2D eigenvalue weighted by atomic mass is 16.7. The van der Waals surface area contributed by atoms with E-state index in [2.05, 4.69) is 44.5 Å². The van der Waals surface area contributed by atoms with E-state index in [1.54, 1.807) is 26.0 Å². The van der Waals surface area contributed by atoms with Gasteiger partial charge in [-0.2, -0.15) is 0 Å². The topological polar surface area (TPSA) is 172 Å². The van der Waals surface area contributed by atoms with E-state index >= 15 is 0 Å². The van der Waals surface area contributed by atoms with Gasteiger partial charge >= 0.3 is 5.79 Å². The van der Waals surface area contributed by atoms with E-state index in [-0.39, 0.29) is 85.7 Å². The molecule has 2 aromatic carbocycles. The summed E-state index contributed by atoms with van der Waals surface area (Å²) in [5.41, 5.74) is -0.353. The van der Waals surface area contributed by atoms with Crippen molar-refractivity contribution in [3.63, 3.8) is 0 Å². The van der Waals surface area contributed by atoms with E-state index in [9.17, 15) is 24.9 Å². The third-order valence-corrected chi connectivity index (χ3v) is 13.1. The molecule has 324 valence electrons. The number of ether oxygens (including phenoxy) is 4. The van der Waals surface area contributed by atoms with Gasteiger partial charge in [-0.25, -0.2) is 0 Å². The Hall–Kier alpha value is -4.56. The Kier molecular flexibility index (Phi) is 11.6. The van der Waals surface area contributed by atoms with Crippen LogP contribution in [0.15, 0.2) is 58.8 Å². The van der Waals surface area contributed by atoms with E-state index < -0.39 is 40.8 Å². The molecule has 0 unspecified atom stereocenters. The second-order valence-corrected chi connectivity index (χ2v) is 18.6. The maximum Gasteiger partial charge on any atom is 0.336 e. The summed E-state index contributed by atoms with van der Waals surface area (Å²) in [6.45, 7) is 25.7. The SMILES string of the molecule is C=C[C@@]12O/C=C/C[C@@H](C)[C@@H](O)[C@H](C)[C@@H]3OC(C)(C)O[C@H]([C@H]3C)[C@@H](C)/C=C/C=C(/C)C(=O)Nc3c(O)c4c(O)c(C)c(c(c4c4c3=NC3(CCN(CC(C)C)CC3)N=4)C1=O)O2. The van der Waals surface area contributed by atoms with Crippen molar-refractivity contribution in [1.29, 1.82) is 0 Å². The van der Waals surface area contributed by atoms with Crippen LogP contribution in [0.1, 0.15) is 97.5 Å². The first-order valence-electron chi connectivity index (χ1n) is 21.4. The number of Topliss-reactive ketones (excluding diaryl/α,β-unsaturated/α-hetero) is 1. The highest BCUT2D eigenvalue weighted by Crippen LogP contribution is 2.50. The van der Waals surface area contributed by atoms with Gasteiger partial charge in [-0.1, -0.05) is 66.3 Å². The molecule has 1 spiro atoms. The number of piperidine rings is 1. The Bertz CT molecular complexity index is 2310. The number of hydrogen-bond acceptors (Lipinski definition) is 12. The number of aromatic hydroxyl groups is 2. The zero-order valence-corrected chi connectivity index (χ0v) is 36.7. The summed E-state index contributed by atoms with van der Waals surface area (Å²) in [6.07, 6.45) is 10.1. The number of phenolic OH excluding ortho intramolecular Hbond substituents is 2. The molecule has 6 aliphatic heterocycles. The molecule has 0 radical (unpaired) electrons. The van der Waals surface area contributed by atoms with Crippen LogP contribution in [0.2, 0.25) is 0 Å². The minimum absolute atomic E-state index is 0.00870. The third-order valence-electron chi connectivity index (χ3n) is 13.1. The normalized spacial score (nSPS) is 33.6. The lowest BCUT2D eigenvalue weighted by Gasteiger charge is -2.49. The van der Waals surface area contributed by atoms with Crippen molar-refractivity contribution >= 4 is 28.2 Å². The highest BCUT2D eigenvalue weighted by Gasteiger charge is 2.52. The molecule has 13 heteroatoms. The molecule has 13 nitrogen and oxygen atoms in total. The molecule has 6 heterocycles. The summed E-state index contributed by atoms with van der Waals surface area (Å²) in [6, 6.07) is 0. The van der Waals surface area contributed by atoms with Crippen LogP contribution in [0, 0.1) is 36.5 Å². The Balaban J connectivity index is 1.39. The molecule has 60 heavy (non-hydrogen) atoms. The summed E-state index contributed by atoms with van der Waals surface area (Å²) in [7, 11) is 0. The van der Waals surface area contributed by atoms with E-state index in [4.69, 9.17) is 28.9 Å². The number of fused-ring (bicyclic) bond motifs is 9. The molecule has 1 amide bonds. The van der Waals surface area contributed by atoms with Gasteiger partial charge in [0.1, 0.15) is 22.5 Å². The maximum absolute atomic E-state index is 14.8. The minimum Gasteiger partial charge on any atom is -0.507 e. The van der Waals surface area contributed by atoms with Crippen molar-refractivity contribution in [2.24, 2.45) is 39.6 Å². The van der Waals surface area contributed by atoms with Crippen molar-refractivity contribution in [2.75, 3.05) is 25.0 Å². The average Bonchev–Trinajstić information content (AvgIpc) is 3.72. The summed E-state index contributed by atoms with van der Waals surface area (Å²) in [5, 5.41) is 39.1. The van der Waals surface area contributed by atoms with Gasteiger partial charge < -0.3 is 44.5 Å². The molecule has 0 aromatic heterocycles. The van der Waals surface area contributed by atoms with E-state index in [0.717, 1.165) is 19.6 Å². The second kappa shape index (κ2) is 16.0. The molecule has 6 aliphatic rings. The first kappa shape index (κ1) is 43.5. The number of aliphatic hydroxyl groups excluding tert-OH is 1. The Morgan fingerprint density at radius 1 is 0.983 bits per heavy atom. The lowest BCUT2D eigenvalue weighted by Crippen LogP contribution is -2.55. The largest absolute Gasteiger partial charge is 0.507 e. The van der Waals surface area contributed by atoms with Gasteiger partial charge in [-0.15, -0.1) is 0 Å². The number of amides is 1. The number of ketones is 1. The summed E-state index contributed by atoms with van der Waals surface area (Å²) in [5.74, 6) is -4.95. The lowest BCUT2D eigenvalue weighted by molar-refractivity contribution is -0.336. The molecular formula is C47H62N4O9. The average molecular weight is 827 g/mol. The summed E-state index contributed by atoms with van der Waals surface area (Å²) < 4.78 is 25.4. The van der Waals surface area contributed by atoms with Crippen molar-refractivity contribution in [2.45, 2.75) is 124 Å². The third kappa shape index (κ3) is 7.56. The molecule has 8 rings (SSSR count). The Morgan fingerprint density at radius 2 is 1.65 bits per heavy atom. The van der Waals surface area contributed by atoms with E-state index in [0.29, 0.717) is 30.8 Å². The fourth-order valence-corrected chi connectivity index (χ4v) is 9.67. The fraction of sp³-hybridized carbons (Fsp3) is 0.574. The number of allylic oxidation sites excluding steroid dienone is 3.